The van der Waals surface area contributed by atoms with Crippen molar-refractivity contribution in [2.75, 3.05) is 0 Å². The van der Waals surface area contributed by atoms with Gasteiger partial charge in [0.05, 0.1) is 0 Å². The zero-order chi connectivity index (χ0) is 13.4. The van der Waals surface area contributed by atoms with Crippen LogP contribution in [0.15, 0.2) is 0 Å². The third-order valence-corrected chi connectivity index (χ3v) is 5.89. The summed E-state index contributed by atoms with van der Waals surface area (Å²) in [7, 11) is 0. The van der Waals surface area contributed by atoms with Gasteiger partial charge in [-0.15, -0.1) is 0 Å². The van der Waals surface area contributed by atoms with E-state index in [1.807, 2.05) is 0 Å². The normalized spacial score (nSPS) is 42.8. The number of rotatable bonds is 1. The molecule has 2 fully saturated rings. The molecule has 2 saturated carbocycles. The van der Waals surface area contributed by atoms with E-state index in [4.69, 9.17) is 5.73 Å². The van der Waals surface area contributed by atoms with E-state index in [-0.39, 0.29) is 5.54 Å². The van der Waals surface area contributed by atoms with E-state index in [2.05, 4.69) is 27.7 Å². The van der Waals surface area contributed by atoms with E-state index >= 15 is 0 Å². The maximum atomic E-state index is 6.80. The summed E-state index contributed by atoms with van der Waals surface area (Å²) in [5.41, 5.74) is 7.45. The molecule has 0 aromatic rings. The fraction of sp³-hybridized carbons (Fsp3) is 1.00. The summed E-state index contributed by atoms with van der Waals surface area (Å²) in [6.45, 7) is 9.59. The van der Waals surface area contributed by atoms with Crippen molar-refractivity contribution in [1.29, 1.82) is 0 Å². The lowest BCUT2D eigenvalue weighted by molar-refractivity contribution is 0.0760. The van der Waals surface area contributed by atoms with Gasteiger partial charge in [0.25, 0.3) is 0 Å². The van der Waals surface area contributed by atoms with Crippen LogP contribution in [0, 0.1) is 23.2 Å². The lowest BCUT2D eigenvalue weighted by Gasteiger charge is -2.48. The SMILES string of the molecule is CC1CCCC(C2(N)CCC(C(C)(C)C)CC2)C1. The third-order valence-electron chi connectivity index (χ3n) is 5.89. The van der Waals surface area contributed by atoms with E-state index in [0.717, 1.165) is 17.8 Å². The second kappa shape index (κ2) is 5.15. The molecule has 18 heavy (non-hydrogen) atoms. The molecule has 2 rings (SSSR count). The topological polar surface area (TPSA) is 26.0 Å². The van der Waals surface area contributed by atoms with Gasteiger partial charge in [0.15, 0.2) is 0 Å². The molecule has 2 aliphatic rings. The molecule has 0 spiro atoms. The maximum Gasteiger partial charge on any atom is 0.0183 e. The molecular weight excluding hydrogens is 218 g/mol. The Bertz CT molecular complexity index is 268. The van der Waals surface area contributed by atoms with Crippen LogP contribution in [-0.4, -0.2) is 5.54 Å². The molecule has 0 saturated heterocycles. The maximum absolute atomic E-state index is 6.80. The molecule has 106 valence electrons. The fourth-order valence-corrected chi connectivity index (χ4v) is 4.39. The summed E-state index contributed by atoms with van der Waals surface area (Å²) in [4.78, 5) is 0. The Balaban J connectivity index is 1.94. The van der Waals surface area contributed by atoms with Crippen LogP contribution in [-0.2, 0) is 0 Å². The van der Waals surface area contributed by atoms with Crippen LogP contribution in [0.2, 0.25) is 0 Å². The van der Waals surface area contributed by atoms with Crippen molar-refractivity contribution in [3.8, 4) is 0 Å². The van der Waals surface area contributed by atoms with Crippen molar-refractivity contribution in [1.82, 2.24) is 0 Å². The molecule has 0 bridgehead atoms. The summed E-state index contributed by atoms with van der Waals surface area (Å²) in [5, 5.41) is 0. The molecule has 1 nitrogen and oxygen atoms in total. The van der Waals surface area contributed by atoms with E-state index in [0.29, 0.717) is 5.41 Å². The van der Waals surface area contributed by atoms with Crippen molar-refractivity contribution < 1.29 is 0 Å². The van der Waals surface area contributed by atoms with E-state index < -0.39 is 0 Å². The first-order chi connectivity index (χ1) is 8.31. The number of hydrogen-bond donors (Lipinski definition) is 1. The van der Waals surface area contributed by atoms with Gasteiger partial charge in [-0.05, 0) is 61.7 Å². The average molecular weight is 251 g/mol. The van der Waals surface area contributed by atoms with Gasteiger partial charge >= 0.3 is 0 Å². The van der Waals surface area contributed by atoms with Crippen LogP contribution in [0.25, 0.3) is 0 Å². The van der Waals surface area contributed by atoms with Crippen molar-refractivity contribution in [3.63, 3.8) is 0 Å². The molecule has 0 amide bonds. The molecular formula is C17H33N. The Morgan fingerprint density at radius 3 is 2.11 bits per heavy atom. The highest BCUT2D eigenvalue weighted by Crippen LogP contribution is 2.46. The van der Waals surface area contributed by atoms with Crippen LogP contribution in [0.4, 0.5) is 0 Å². The summed E-state index contributed by atoms with van der Waals surface area (Å²) < 4.78 is 0. The van der Waals surface area contributed by atoms with Gasteiger partial charge in [0.2, 0.25) is 0 Å². The largest absolute Gasteiger partial charge is 0.325 e. The highest BCUT2D eigenvalue weighted by Gasteiger charge is 2.41. The Kier molecular flexibility index (Phi) is 4.11. The Labute approximate surface area is 114 Å². The quantitative estimate of drug-likeness (QED) is 0.715. The average Bonchev–Trinajstić information content (AvgIpc) is 2.28. The lowest BCUT2D eigenvalue weighted by atomic mass is 9.61. The zero-order valence-corrected chi connectivity index (χ0v) is 13.0. The molecule has 2 N–H and O–H groups in total. The van der Waals surface area contributed by atoms with E-state index in [1.165, 1.54) is 51.4 Å². The molecule has 0 aromatic heterocycles. The van der Waals surface area contributed by atoms with Gasteiger partial charge < -0.3 is 5.73 Å². The van der Waals surface area contributed by atoms with Crippen molar-refractivity contribution in [3.05, 3.63) is 0 Å². The first-order valence-corrected chi connectivity index (χ1v) is 8.10. The van der Waals surface area contributed by atoms with Gasteiger partial charge in [-0.25, -0.2) is 0 Å². The molecule has 0 aromatic carbocycles. The molecule has 2 aliphatic carbocycles. The van der Waals surface area contributed by atoms with Crippen LogP contribution < -0.4 is 5.73 Å². The van der Waals surface area contributed by atoms with Crippen molar-refractivity contribution in [2.24, 2.45) is 28.9 Å². The van der Waals surface area contributed by atoms with E-state index in [9.17, 15) is 0 Å². The minimum absolute atomic E-state index is 0.177. The molecule has 0 heterocycles. The van der Waals surface area contributed by atoms with Crippen molar-refractivity contribution >= 4 is 0 Å². The van der Waals surface area contributed by atoms with E-state index in [1.54, 1.807) is 0 Å². The molecule has 2 atom stereocenters. The molecule has 0 radical (unpaired) electrons. The highest BCUT2D eigenvalue weighted by molar-refractivity contribution is 4.98. The second-order valence-electron chi connectivity index (χ2n) is 8.34. The van der Waals surface area contributed by atoms with Crippen molar-refractivity contribution in [2.45, 2.75) is 84.6 Å². The number of hydrogen-bond acceptors (Lipinski definition) is 1. The standard InChI is InChI=1S/C17H33N/c1-13-6-5-7-15(12-13)17(18)10-8-14(9-11-17)16(2,3)4/h13-15H,5-12,18H2,1-4H3. The van der Waals surface area contributed by atoms with Gasteiger partial charge in [-0.2, -0.15) is 0 Å². The Hall–Kier alpha value is -0.0400. The highest BCUT2D eigenvalue weighted by atomic mass is 14.8. The molecule has 0 aliphatic heterocycles. The second-order valence-corrected chi connectivity index (χ2v) is 8.34. The van der Waals surface area contributed by atoms with Gasteiger partial charge in [0, 0.05) is 5.54 Å². The van der Waals surface area contributed by atoms with Crippen LogP contribution >= 0.6 is 0 Å². The van der Waals surface area contributed by atoms with Gasteiger partial charge in [0.1, 0.15) is 0 Å². The van der Waals surface area contributed by atoms with Crippen LogP contribution in [0.3, 0.4) is 0 Å². The third kappa shape index (κ3) is 3.10. The molecule has 2 unspecified atom stereocenters. The van der Waals surface area contributed by atoms with Crippen LogP contribution in [0.1, 0.15) is 79.1 Å². The predicted molar refractivity (Wildman–Crippen MR) is 79.5 cm³/mol. The zero-order valence-electron chi connectivity index (χ0n) is 13.0. The van der Waals surface area contributed by atoms with Crippen LogP contribution in [0.5, 0.6) is 0 Å². The summed E-state index contributed by atoms with van der Waals surface area (Å²) in [5.74, 6) is 2.60. The minimum Gasteiger partial charge on any atom is -0.325 e. The lowest BCUT2D eigenvalue weighted by Crippen LogP contribution is -2.52. The monoisotopic (exact) mass is 251 g/mol. The van der Waals surface area contributed by atoms with Gasteiger partial charge in [-0.3, -0.25) is 0 Å². The summed E-state index contributed by atoms with van der Waals surface area (Å²) >= 11 is 0. The summed E-state index contributed by atoms with van der Waals surface area (Å²) in [6.07, 6.45) is 10.9. The predicted octanol–water partition coefficient (Wildman–Crippen LogP) is 4.75. The number of nitrogens with two attached hydrogens (primary N) is 1. The van der Waals surface area contributed by atoms with Gasteiger partial charge in [-0.1, -0.05) is 40.5 Å². The Morgan fingerprint density at radius 1 is 1.00 bits per heavy atom. The summed E-state index contributed by atoms with van der Waals surface area (Å²) in [6, 6.07) is 0. The fourth-order valence-electron chi connectivity index (χ4n) is 4.39. The smallest absolute Gasteiger partial charge is 0.0183 e. The minimum atomic E-state index is 0.177. The first kappa shape index (κ1) is 14.4. The molecule has 1 heteroatoms. The Morgan fingerprint density at radius 2 is 1.61 bits per heavy atom. The first-order valence-electron chi connectivity index (χ1n) is 8.10.